The second kappa shape index (κ2) is 6.37. The van der Waals surface area contributed by atoms with Gasteiger partial charge in [-0.25, -0.2) is 19.6 Å². The fourth-order valence-electron chi connectivity index (χ4n) is 2.80. The van der Waals surface area contributed by atoms with Crippen LogP contribution in [-0.2, 0) is 9.59 Å². The first kappa shape index (κ1) is 12.8. The van der Waals surface area contributed by atoms with Crippen LogP contribution >= 0.6 is 0 Å². The van der Waals surface area contributed by atoms with Gasteiger partial charge in [0.05, 0.1) is 12.1 Å². The third-order valence-corrected chi connectivity index (χ3v) is 3.67. The van der Waals surface area contributed by atoms with E-state index >= 15 is 0 Å². The van der Waals surface area contributed by atoms with Crippen LogP contribution < -0.4 is 0 Å². The van der Waals surface area contributed by atoms with Gasteiger partial charge in [-0.15, -0.1) is 0 Å². The van der Waals surface area contributed by atoms with Crippen LogP contribution in [0.2, 0.25) is 0 Å². The zero-order valence-electron chi connectivity index (χ0n) is 9.85. The largest absolute Gasteiger partial charge is 0.235 e. The van der Waals surface area contributed by atoms with Gasteiger partial charge < -0.3 is 0 Å². The molecule has 88 valence electrons. The first-order chi connectivity index (χ1) is 7.78. The van der Waals surface area contributed by atoms with Crippen LogP contribution in [0.15, 0.2) is 9.98 Å². The Bertz CT molecular complexity index is 317. The van der Waals surface area contributed by atoms with E-state index in [-0.39, 0.29) is 18.0 Å². The highest BCUT2D eigenvalue weighted by atomic mass is 16.1. The monoisotopic (exact) mass is 222 g/mol. The van der Waals surface area contributed by atoms with Crippen LogP contribution in [0.4, 0.5) is 0 Å². The molecule has 0 N–H and O–H groups in total. The fourth-order valence-corrected chi connectivity index (χ4v) is 2.80. The lowest BCUT2D eigenvalue weighted by atomic mass is 9.72. The second-order valence-electron chi connectivity index (χ2n) is 4.32. The molecular weight excluding hydrogens is 204 g/mol. The van der Waals surface area contributed by atoms with Gasteiger partial charge in [0.1, 0.15) is 0 Å². The van der Waals surface area contributed by atoms with Crippen LogP contribution in [-0.4, -0.2) is 24.2 Å². The highest BCUT2D eigenvalue weighted by Crippen LogP contribution is 2.37. The number of nitrogens with zero attached hydrogens (tertiary/aromatic N) is 2. The predicted octanol–water partition coefficient (Wildman–Crippen LogP) is 2.24. The van der Waals surface area contributed by atoms with E-state index in [0.717, 1.165) is 25.7 Å². The molecule has 0 amide bonds. The summed E-state index contributed by atoms with van der Waals surface area (Å²) in [5.41, 5.74) is 0. The van der Waals surface area contributed by atoms with Crippen molar-refractivity contribution in [3.8, 4) is 0 Å². The smallest absolute Gasteiger partial charge is 0.211 e. The molecule has 0 aromatic heterocycles. The number of hydrogen-bond acceptors (Lipinski definition) is 4. The molecule has 4 unspecified atom stereocenters. The molecule has 1 fully saturated rings. The predicted molar refractivity (Wildman–Crippen MR) is 60.6 cm³/mol. The van der Waals surface area contributed by atoms with E-state index < -0.39 is 0 Å². The van der Waals surface area contributed by atoms with Crippen molar-refractivity contribution >= 4 is 12.2 Å². The van der Waals surface area contributed by atoms with E-state index in [1.807, 2.05) is 6.92 Å². The summed E-state index contributed by atoms with van der Waals surface area (Å²) < 4.78 is 0. The lowest BCUT2D eigenvalue weighted by Crippen LogP contribution is -2.39. The van der Waals surface area contributed by atoms with Crippen molar-refractivity contribution in [1.82, 2.24) is 0 Å². The maximum Gasteiger partial charge on any atom is 0.235 e. The normalized spacial score (nSPS) is 33.6. The van der Waals surface area contributed by atoms with Gasteiger partial charge in [0.2, 0.25) is 12.2 Å². The molecule has 1 aliphatic rings. The molecule has 0 aromatic rings. The van der Waals surface area contributed by atoms with Gasteiger partial charge in [-0.2, -0.15) is 0 Å². The van der Waals surface area contributed by atoms with Gasteiger partial charge in [0.25, 0.3) is 0 Å². The Morgan fingerprint density at radius 2 is 1.75 bits per heavy atom. The van der Waals surface area contributed by atoms with Crippen molar-refractivity contribution in [3.05, 3.63) is 0 Å². The van der Waals surface area contributed by atoms with E-state index in [1.165, 1.54) is 0 Å². The van der Waals surface area contributed by atoms with Crippen molar-refractivity contribution < 1.29 is 9.59 Å². The van der Waals surface area contributed by atoms with Crippen LogP contribution in [0, 0.1) is 11.8 Å². The van der Waals surface area contributed by atoms with Gasteiger partial charge in [0.15, 0.2) is 0 Å². The minimum Gasteiger partial charge on any atom is -0.211 e. The molecule has 1 aliphatic carbocycles. The van der Waals surface area contributed by atoms with Crippen LogP contribution in [0.25, 0.3) is 0 Å². The third kappa shape index (κ3) is 2.66. The molecule has 0 spiro atoms. The van der Waals surface area contributed by atoms with Crippen molar-refractivity contribution in [2.75, 3.05) is 0 Å². The summed E-state index contributed by atoms with van der Waals surface area (Å²) in [5, 5.41) is 0. The van der Waals surface area contributed by atoms with Gasteiger partial charge >= 0.3 is 0 Å². The molecule has 4 atom stereocenters. The molecule has 0 aliphatic heterocycles. The first-order valence-corrected chi connectivity index (χ1v) is 5.92. The summed E-state index contributed by atoms with van der Waals surface area (Å²) >= 11 is 0. The van der Waals surface area contributed by atoms with Crippen LogP contribution in [0.1, 0.15) is 39.5 Å². The summed E-state index contributed by atoms with van der Waals surface area (Å²) in [5.74, 6) is 0.603. The Hall–Kier alpha value is -1.24. The molecular formula is C12H18N2O2. The number of rotatable bonds is 4. The number of aliphatic imine (C=N–C) groups is 2. The minimum absolute atomic E-state index is 0.0209. The molecule has 16 heavy (non-hydrogen) atoms. The maximum absolute atomic E-state index is 10.5. The molecule has 0 heterocycles. The van der Waals surface area contributed by atoms with E-state index in [9.17, 15) is 9.59 Å². The van der Waals surface area contributed by atoms with Gasteiger partial charge in [-0.3, -0.25) is 0 Å². The average molecular weight is 222 g/mol. The van der Waals surface area contributed by atoms with Crippen molar-refractivity contribution in [3.63, 3.8) is 0 Å². The lowest BCUT2D eigenvalue weighted by Gasteiger charge is -2.37. The van der Waals surface area contributed by atoms with Gasteiger partial charge in [-0.05, 0) is 25.2 Å². The molecule has 0 saturated heterocycles. The number of carbonyl (C=O) groups excluding carboxylic acids is 2. The van der Waals surface area contributed by atoms with Crippen molar-refractivity contribution in [2.24, 2.45) is 21.8 Å². The molecule has 1 saturated carbocycles. The summed E-state index contributed by atoms with van der Waals surface area (Å²) in [6, 6.07) is -0.0456. The number of hydrogen-bond donors (Lipinski definition) is 0. The topological polar surface area (TPSA) is 58.9 Å². The summed E-state index contributed by atoms with van der Waals surface area (Å²) in [6.07, 6.45) is 7.05. The first-order valence-electron chi connectivity index (χ1n) is 5.92. The van der Waals surface area contributed by atoms with E-state index in [4.69, 9.17) is 0 Å². The number of isocyanates is 2. The van der Waals surface area contributed by atoms with Crippen LogP contribution in [0.5, 0.6) is 0 Å². The Labute approximate surface area is 95.9 Å². The van der Waals surface area contributed by atoms with E-state index in [1.54, 1.807) is 12.2 Å². The highest BCUT2D eigenvalue weighted by molar-refractivity contribution is 5.35. The highest BCUT2D eigenvalue weighted by Gasteiger charge is 2.37. The standard InChI is InChI=1S/C12H18N2O2/c1-3-9-5-6-11(13-7-15)10(4-2)12(9)14-8-16/h9-12H,3-6H2,1-2H3. The summed E-state index contributed by atoms with van der Waals surface area (Å²) in [4.78, 5) is 28.6. The second-order valence-corrected chi connectivity index (χ2v) is 4.32. The molecule has 0 bridgehead atoms. The van der Waals surface area contributed by atoms with Crippen molar-refractivity contribution in [2.45, 2.75) is 51.6 Å². The lowest BCUT2D eigenvalue weighted by molar-refractivity contribution is 0.185. The molecule has 0 aromatic carbocycles. The average Bonchev–Trinajstić information content (AvgIpc) is 2.30. The van der Waals surface area contributed by atoms with E-state index in [0.29, 0.717) is 5.92 Å². The fraction of sp³-hybridized carbons (Fsp3) is 0.833. The quantitative estimate of drug-likeness (QED) is 0.541. The van der Waals surface area contributed by atoms with Crippen molar-refractivity contribution in [1.29, 1.82) is 0 Å². The Morgan fingerprint density at radius 3 is 2.25 bits per heavy atom. The summed E-state index contributed by atoms with van der Waals surface area (Å²) in [6.45, 7) is 4.15. The van der Waals surface area contributed by atoms with Gasteiger partial charge in [0, 0.05) is 5.92 Å². The van der Waals surface area contributed by atoms with Gasteiger partial charge in [-0.1, -0.05) is 20.3 Å². The third-order valence-electron chi connectivity index (χ3n) is 3.67. The maximum atomic E-state index is 10.5. The minimum atomic E-state index is -0.0247. The zero-order chi connectivity index (χ0) is 12.0. The van der Waals surface area contributed by atoms with Crippen LogP contribution in [0.3, 0.4) is 0 Å². The van der Waals surface area contributed by atoms with E-state index in [2.05, 4.69) is 16.9 Å². The molecule has 4 heteroatoms. The molecule has 1 rings (SSSR count). The Balaban J connectivity index is 2.92. The zero-order valence-corrected chi connectivity index (χ0v) is 9.85. The summed E-state index contributed by atoms with van der Waals surface area (Å²) in [7, 11) is 0. The SMILES string of the molecule is CCC1CCC(N=C=O)C(CC)C1N=C=O. The molecule has 0 radical (unpaired) electrons. The molecule has 4 nitrogen and oxygen atoms in total. The Kier molecular flexibility index (Phi) is 5.10. The Morgan fingerprint density at radius 1 is 1.06 bits per heavy atom.